The van der Waals surface area contributed by atoms with Gasteiger partial charge in [0.25, 0.3) is 5.91 Å². The molecule has 1 aromatic heterocycles. The lowest BCUT2D eigenvalue weighted by molar-refractivity contribution is -0.111. The van der Waals surface area contributed by atoms with Crippen LogP contribution in [-0.4, -0.2) is 46.9 Å². The molecule has 1 N–H and O–H groups in total. The Morgan fingerprint density at radius 1 is 1.06 bits per heavy atom. The van der Waals surface area contributed by atoms with Gasteiger partial charge in [-0.05, 0) is 71.2 Å². The topological polar surface area (TPSA) is 80.6 Å². The van der Waals surface area contributed by atoms with Crippen LogP contribution in [0.3, 0.4) is 0 Å². The van der Waals surface area contributed by atoms with Crippen molar-refractivity contribution in [2.75, 3.05) is 25.0 Å². The Hall–Kier alpha value is -3.35. The van der Waals surface area contributed by atoms with Gasteiger partial charge < -0.3 is 19.5 Å². The Bertz CT molecular complexity index is 1090. The number of hydrogen-bond donors (Lipinski definition) is 1. The van der Waals surface area contributed by atoms with E-state index in [2.05, 4.69) is 5.32 Å². The highest BCUT2D eigenvalue weighted by molar-refractivity contribution is 6.05. The van der Waals surface area contributed by atoms with E-state index in [-0.39, 0.29) is 18.4 Å². The number of ether oxygens (including phenoxy) is 1. The van der Waals surface area contributed by atoms with E-state index in [0.29, 0.717) is 28.9 Å². The van der Waals surface area contributed by atoms with Gasteiger partial charge in [-0.2, -0.15) is 0 Å². The molecular weight excluding hydrogens is 418 g/mol. The van der Waals surface area contributed by atoms with Crippen LogP contribution < -0.4 is 5.32 Å². The summed E-state index contributed by atoms with van der Waals surface area (Å²) in [6.45, 7) is 12.0. The molecular formula is C26H33N3O4. The zero-order valence-corrected chi connectivity index (χ0v) is 20.2. The summed E-state index contributed by atoms with van der Waals surface area (Å²) in [5.74, 6) is -0.725. The molecule has 1 saturated heterocycles. The largest absolute Gasteiger partial charge is 0.462 e. The number of anilines is 1. The third-order valence-electron chi connectivity index (χ3n) is 6.24. The highest BCUT2D eigenvalue weighted by Gasteiger charge is 2.23. The second kappa shape index (κ2) is 10.5. The van der Waals surface area contributed by atoms with E-state index in [1.165, 1.54) is 6.08 Å². The minimum atomic E-state index is -0.394. The fourth-order valence-corrected chi connectivity index (χ4v) is 4.47. The van der Waals surface area contributed by atoms with Crippen LogP contribution in [-0.2, 0) is 16.1 Å². The number of nitrogens with zero attached hydrogens (tertiary/aromatic N) is 2. The highest BCUT2D eigenvalue weighted by Crippen LogP contribution is 2.26. The fourth-order valence-electron chi connectivity index (χ4n) is 4.47. The maximum atomic E-state index is 12.8. The number of esters is 1. The van der Waals surface area contributed by atoms with E-state index in [1.807, 2.05) is 37.2 Å². The van der Waals surface area contributed by atoms with Gasteiger partial charge in [0.2, 0.25) is 5.91 Å². The lowest BCUT2D eigenvalue weighted by Gasteiger charge is -2.18. The highest BCUT2D eigenvalue weighted by atomic mass is 16.5. The van der Waals surface area contributed by atoms with Gasteiger partial charge in [-0.15, -0.1) is 0 Å². The molecule has 1 aromatic carbocycles. The molecule has 0 bridgehead atoms. The lowest BCUT2D eigenvalue weighted by atomic mass is 10.1. The van der Waals surface area contributed by atoms with Crippen molar-refractivity contribution in [3.63, 3.8) is 0 Å². The Kier molecular flexibility index (Phi) is 7.74. The molecule has 0 radical (unpaired) electrons. The smallest absolute Gasteiger partial charge is 0.340 e. The number of hydrogen-bond acceptors (Lipinski definition) is 4. The zero-order chi connectivity index (χ0) is 24.1. The Balaban J connectivity index is 1.83. The van der Waals surface area contributed by atoms with Crippen LogP contribution in [0.25, 0.3) is 6.08 Å². The Morgan fingerprint density at radius 2 is 1.76 bits per heavy atom. The van der Waals surface area contributed by atoms with Gasteiger partial charge >= 0.3 is 5.97 Å². The number of carbonyl (C=O) groups is 3. The van der Waals surface area contributed by atoms with Gasteiger partial charge in [-0.25, -0.2) is 4.79 Å². The summed E-state index contributed by atoms with van der Waals surface area (Å²) in [6.07, 6.45) is 5.13. The quantitative estimate of drug-likeness (QED) is 0.497. The van der Waals surface area contributed by atoms with Crippen molar-refractivity contribution in [3.8, 4) is 0 Å². The number of likely N-dealkylation sites (tertiary alicyclic amines) is 1. The minimum absolute atomic E-state index is 0.00252. The molecule has 2 heterocycles. The van der Waals surface area contributed by atoms with Crippen LogP contribution in [0.1, 0.15) is 69.9 Å². The molecule has 0 atom stereocenters. The van der Waals surface area contributed by atoms with Crippen LogP contribution >= 0.6 is 0 Å². The summed E-state index contributed by atoms with van der Waals surface area (Å²) >= 11 is 0. The van der Waals surface area contributed by atoms with Crippen molar-refractivity contribution in [1.29, 1.82) is 0 Å². The standard InChI is InChI=1S/C26H33N3O4/c1-6-29-18(4)21(24(19(29)5)26(32)33-7-2)13-14-23(30)27-22-12-10-11-20(17(22)3)25(31)28-15-8-9-16-28/h10-14H,6-9,15-16H2,1-5H3,(H,27,30)/b14-13+. The summed E-state index contributed by atoms with van der Waals surface area (Å²) in [4.78, 5) is 40.0. The van der Waals surface area contributed by atoms with Crippen molar-refractivity contribution in [2.45, 2.75) is 54.0 Å². The van der Waals surface area contributed by atoms with Gasteiger partial charge in [-0.1, -0.05) is 6.07 Å². The first-order valence-electron chi connectivity index (χ1n) is 11.5. The molecule has 1 fully saturated rings. The normalized spacial score (nSPS) is 13.5. The molecule has 7 nitrogen and oxygen atoms in total. The van der Waals surface area contributed by atoms with E-state index >= 15 is 0 Å². The monoisotopic (exact) mass is 451 g/mol. The number of amides is 2. The SMILES string of the molecule is CCOC(=O)c1c(/C=C/C(=O)Nc2cccc(C(=O)N3CCCC3)c2C)c(C)n(CC)c1C. The second-order valence-corrected chi connectivity index (χ2v) is 8.22. The van der Waals surface area contributed by atoms with E-state index in [4.69, 9.17) is 4.74 Å². The Morgan fingerprint density at radius 3 is 2.39 bits per heavy atom. The van der Waals surface area contributed by atoms with Gasteiger partial charge in [0.1, 0.15) is 0 Å². The molecule has 176 valence electrons. The van der Waals surface area contributed by atoms with Crippen molar-refractivity contribution >= 4 is 29.5 Å². The number of nitrogens with one attached hydrogen (secondary N) is 1. The zero-order valence-electron chi connectivity index (χ0n) is 20.2. The number of aromatic nitrogens is 1. The van der Waals surface area contributed by atoms with Crippen LogP contribution in [0.5, 0.6) is 0 Å². The third kappa shape index (κ3) is 5.02. The first-order valence-corrected chi connectivity index (χ1v) is 11.5. The van der Waals surface area contributed by atoms with Crippen LogP contribution in [0.15, 0.2) is 24.3 Å². The maximum absolute atomic E-state index is 12.8. The first kappa shape index (κ1) is 24.3. The first-order chi connectivity index (χ1) is 15.8. The van der Waals surface area contributed by atoms with Gasteiger partial charge in [0.05, 0.1) is 12.2 Å². The summed E-state index contributed by atoms with van der Waals surface area (Å²) in [6, 6.07) is 5.37. The molecule has 2 aromatic rings. The van der Waals surface area contributed by atoms with E-state index in [0.717, 1.165) is 42.9 Å². The molecule has 0 aliphatic carbocycles. The average molecular weight is 452 g/mol. The molecule has 3 rings (SSSR count). The van der Waals surface area contributed by atoms with Crippen LogP contribution in [0.4, 0.5) is 5.69 Å². The molecule has 0 spiro atoms. The molecule has 0 unspecified atom stereocenters. The summed E-state index contributed by atoms with van der Waals surface area (Å²) < 4.78 is 7.26. The molecule has 0 saturated carbocycles. The number of rotatable bonds is 7. The van der Waals surface area contributed by atoms with Crippen LogP contribution in [0.2, 0.25) is 0 Å². The predicted octanol–water partition coefficient (Wildman–Crippen LogP) is 4.50. The van der Waals surface area contributed by atoms with E-state index in [1.54, 1.807) is 31.2 Å². The third-order valence-corrected chi connectivity index (χ3v) is 6.24. The molecule has 7 heteroatoms. The van der Waals surface area contributed by atoms with Gasteiger partial charge in [0, 0.05) is 53.9 Å². The number of benzene rings is 1. The minimum Gasteiger partial charge on any atom is -0.462 e. The summed E-state index contributed by atoms with van der Waals surface area (Å²) in [5.41, 5.74) is 4.82. The average Bonchev–Trinajstić information content (AvgIpc) is 3.40. The van der Waals surface area contributed by atoms with Gasteiger partial charge in [0.15, 0.2) is 0 Å². The van der Waals surface area contributed by atoms with Crippen molar-refractivity contribution in [2.24, 2.45) is 0 Å². The van der Waals surface area contributed by atoms with Crippen molar-refractivity contribution < 1.29 is 19.1 Å². The van der Waals surface area contributed by atoms with E-state index < -0.39 is 5.97 Å². The molecule has 33 heavy (non-hydrogen) atoms. The Labute approximate surface area is 195 Å². The molecule has 2 amide bonds. The second-order valence-electron chi connectivity index (χ2n) is 8.22. The van der Waals surface area contributed by atoms with Crippen molar-refractivity contribution in [3.05, 3.63) is 57.9 Å². The predicted molar refractivity (Wildman–Crippen MR) is 130 cm³/mol. The summed E-state index contributed by atoms with van der Waals surface area (Å²) in [7, 11) is 0. The summed E-state index contributed by atoms with van der Waals surface area (Å²) in [5, 5.41) is 2.88. The van der Waals surface area contributed by atoms with Crippen molar-refractivity contribution in [1.82, 2.24) is 9.47 Å². The van der Waals surface area contributed by atoms with Gasteiger partial charge in [-0.3, -0.25) is 9.59 Å². The van der Waals surface area contributed by atoms with E-state index in [9.17, 15) is 14.4 Å². The molecule has 1 aliphatic rings. The van der Waals surface area contributed by atoms with Crippen LogP contribution in [0, 0.1) is 20.8 Å². The maximum Gasteiger partial charge on any atom is 0.340 e. The fraction of sp³-hybridized carbons (Fsp3) is 0.423. The number of carbonyl (C=O) groups excluding carboxylic acids is 3. The lowest BCUT2D eigenvalue weighted by Crippen LogP contribution is -2.28. The molecule has 1 aliphatic heterocycles.